The lowest BCUT2D eigenvalue weighted by Crippen LogP contribution is -2.38. The average Bonchev–Trinajstić information content (AvgIpc) is 3.18. The highest BCUT2D eigenvalue weighted by Crippen LogP contribution is 2.35. The van der Waals surface area contributed by atoms with E-state index in [1.54, 1.807) is 37.3 Å². The number of nitrogens with zero attached hydrogens (tertiary/aromatic N) is 1. The lowest BCUT2D eigenvalue weighted by Gasteiger charge is -2.15. The van der Waals surface area contributed by atoms with E-state index in [2.05, 4.69) is 16.0 Å². The molecule has 1 saturated heterocycles. The predicted octanol–water partition coefficient (Wildman–Crippen LogP) is 4.69. The van der Waals surface area contributed by atoms with Gasteiger partial charge >= 0.3 is 6.03 Å². The van der Waals surface area contributed by atoms with Crippen molar-refractivity contribution in [3.05, 3.63) is 86.9 Å². The van der Waals surface area contributed by atoms with Gasteiger partial charge in [-0.2, -0.15) is 0 Å². The van der Waals surface area contributed by atoms with Crippen LogP contribution in [0.15, 0.2) is 66.4 Å². The Hall–Kier alpha value is -4.46. The van der Waals surface area contributed by atoms with Crippen molar-refractivity contribution in [1.82, 2.24) is 10.2 Å². The van der Waals surface area contributed by atoms with Gasteiger partial charge in [-0.3, -0.25) is 14.4 Å². The van der Waals surface area contributed by atoms with Crippen LogP contribution in [-0.2, 0) is 14.4 Å². The van der Waals surface area contributed by atoms with Crippen LogP contribution in [0.25, 0.3) is 6.08 Å². The fourth-order valence-corrected chi connectivity index (χ4v) is 4.60. The second-order valence-electron chi connectivity index (χ2n) is 8.87. The zero-order valence-corrected chi connectivity index (χ0v) is 24.3. The Kier molecular flexibility index (Phi) is 9.55. The number of benzene rings is 3. The van der Waals surface area contributed by atoms with E-state index < -0.39 is 30.2 Å². The van der Waals surface area contributed by atoms with Crippen LogP contribution >= 0.6 is 22.6 Å². The molecule has 10 nitrogen and oxygen atoms in total. The summed E-state index contributed by atoms with van der Waals surface area (Å²) >= 11 is 2.02. The van der Waals surface area contributed by atoms with Crippen LogP contribution < -0.4 is 25.4 Å². The molecule has 1 aliphatic heterocycles. The second kappa shape index (κ2) is 13.3. The highest BCUT2D eigenvalue weighted by atomic mass is 127. The fraction of sp³-hybridized carbons (Fsp3) is 0.172. The molecular weight excluding hydrogens is 646 g/mol. The van der Waals surface area contributed by atoms with E-state index in [0.717, 1.165) is 10.5 Å². The van der Waals surface area contributed by atoms with Crippen LogP contribution in [0, 0.1) is 16.3 Å². The molecule has 0 aliphatic carbocycles. The number of hydrogen-bond donors (Lipinski definition) is 3. The second-order valence-corrected chi connectivity index (χ2v) is 10.0. The molecular formula is C29H26FIN4O6. The van der Waals surface area contributed by atoms with Gasteiger partial charge in [-0.1, -0.05) is 29.8 Å². The standard InChI is InChI=1S/C29H26FIN4O6/c1-3-40-24-14-18(12-21(31)27(24)41-16-26(37)32-19-10-8-17(2)9-11-19)13-23-28(38)35(29(39)34-23)15-25(36)33-22-7-5-4-6-20(22)30/h4-14H,3,15-16H2,1-2H3,(H,32,37)(H,33,36)(H,34,39)/b23-13+. The largest absolute Gasteiger partial charge is 0.490 e. The number of urea groups is 1. The molecule has 12 heteroatoms. The van der Waals surface area contributed by atoms with E-state index in [1.165, 1.54) is 24.3 Å². The molecule has 1 aliphatic rings. The minimum atomic E-state index is -0.788. The molecule has 0 spiro atoms. The van der Waals surface area contributed by atoms with Gasteiger partial charge in [-0.15, -0.1) is 0 Å². The number of nitrogens with one attached hydrogen (secondary N) is 3. The molecule has 212 valence electrons. The number of aryl methyl sites for hydroxylation is 1. The maximum Gasteiger partial charge on any atom is 0.329 e. The van der Waals surface area contributed by atoms with Crippen LogP contribution in [0.2, 0.25) is 0 Å². The van der Waals surface area contributed by atoms with Crippen molar-refractivity contribution in [2.45, 2.75) is 13.8 Å². The molecule has 1 fully saturated rings. The summed E-state index contributed by atoms with van der Waals surface area (Å²) in [5.41, 5.74) is 2.11. The van der Waals surface area contributed by atoms with Crippen LogP contribution in [-0.4, -0.2) is 48.4 Å². The molecule has 0 radical (unpaired) electrons. The Morgan fingerprint density at radius 1 is 1.02 bits per heavy atom. The number of amides is 5. The van der Waals surface area contributed by atoms with Crippen molar-refractivity contribution in [3.63, 3.8) is 0 Å². The Balaban J connectivity index is 1.45. The van der Waals surface area contributed by atoms with E-state index in [1.807, 2.05) is 41.6 Å². The summed E-state index contributed by atoms with van der Waals surface area (Å²) in [5, 5.41) is 7.56. The lowest BCUT2D eigenvalue weighted by atomic mass is 10.1. The quantitative estimate of drug-likeness (QED) is 0.163. The van der Waals surface area contributed by atoms with Gasteiger partial charge in [0.05, 0.1) is 15.9 Å². The highest BCUT2D eigenvalue weighted by Gasteiger charge is 2.35. The molecule has 1 heterocycles. The maximum atomic E-state index is 13.8. The van der Waals surface area contributed by atoms with Crippen molar-refractivity contribution in [2.75, 3.05) is 30.4 Å². The highest BCUT2D eigenvalue weighted by molar-refractivity contribution is 14.1. The van der Waals surface area contributed by atoms with Crippen LogP contribution in [0.4, 0.5) is 20.6 Å². The van der Waals surface area contributed by atoms with Crippen molar-refractivity contribution >= 4 is 63.8 Å². The number of rotatable bonds is 10. The molecule has 5 amide bonds. The number of carbonyl (C=O) groups excluding carboxylic acids is 4. The number of halogens is 2. The molecule has 0 saturated carbocycles. The number of imide groups is 1. The third-order valence-electron chi connectivity index (χ3n) is 5.74. The zero-order valence-electron chi connectivity index (χ0n) is 22.1. The molecule has 4 rings (SSSR count). The summed E-state index contributed by atoms with van der Waals surface area (Å²) < 4.78 is 25.9. The third-order valence-corrected chi connectivity index (χ3v) is 6.54. The number of carbonyl (C=O) groups is 4. The van der Waals surface area contributed by atoms with Crippen LogP contribution in [0.5, 0.6) is 11.5 Å². The summed E-state index contributed by atoms with van der Waals surface area (Å²) in [7, 11) is 0. The number of hydrogen-bond acceptors (Lipinski definition) is 6. The minimum absolute atomic E-state index is 0.0573. The molecule has 3 aromatic carbocycles. The SMILES string of the molecule is CCOc1cc(/C=C2/NC(=O)N(CC(=O)Nc3ccccc3F)C2=O)cc(I)c1OCC(=O)Nc1ccc(C)cc1. The molecule has 41 heavy (non-hydrogen) atoms. The van der Waals surface area contributed by atoms with Gasteiger partial charge in [-0.05, 0) is 84.5 Å². The molecule has 0 bridgehead atoms. The van der Waals surface area contributed by atoms with E-state index in [-0.39, 0.29) is 23.9 Å². The van der Waals surface area contributed by atoms with Gasteiger partial charge in [0.25, 0.3) is 11.8 Å². The summed E-state index contributed by atoms with van der Waals surface area (Å²) in [4.78, 5) is 50.9. The van der Waals surface area contributed by atoms with E-state index in [9.17, 15) is 23.6 Å². The number of ether oxygens (including phenoxy) is 2. The van der Waals surface area contributed by atoms with Crippen molar-refractivity contribution in [3.8, 4) is 11.5 Å². The van der Waals surface area contributed by atoms with Crippen LogP contribution in [0.1, 0.15) is 18.1 Å². The van der Waals surface area contributed by atoms with Crippen molar-refractivity contribution < 1.29 is 33.0 Å². The van der Waals surface area contributed by atoms with Crippen molar-refractivity contribution in [1.29, 1.82) is 0 Å². The molecule has 3 N–H and O–H groups in total. The predicted molar refractivity (Wildman–Crippen MR) is 159 cm³/mol. The smallest absolute Gasteiger partial charge is 0.329 e. The number of anilines is 2. The van der Waals surface area contributed by atoms with Crippen molar-refractivity contribution in [2.24, 2.45) is 0 Å². The monoisotopic (exact) mass is 672 g/mol. The normalized spacial score (nSPS) is 13.7. The Labute approximate surface area is 249 Å². The van der Waals surface area contributed by atoms with E-state index in [4.69, 9.17) is 9.47 Å². The maximum absolute atomic E-state index is 13.8. The summed E-state index contributed by atoms with van der Waals surface area (Å²) in [6.07, 6.45) is 1.44. The van der Waals surface area contributed by atoms with Gasteiger partial charge < -0.3 is 25.4 Å². The first-order valence-electron chi connectivity index (χ1n) is 12.5. The number of para-hydroxylation sites is 1. The molecule has 0 aromatic heterocycles. The van der Waals surface area contributed by atoms with Gasteiger partial charge in [0.1, 0.15) is 18.1 Å². The zero-order chi connectivity index (χ0) is 29.5. The Bertz CT molecular complexity index is 1530. The average molecular weight is 672 g/mol. The topological polar surface area (TPSA) is 126 Å². The minimum Gasteiger partial charge on any atom is -0.490 e. The van der Waals surface area contributed by atoms with Gasteiger partial charge in [0, 0.05) is 5.69 Å². The van der Waals surface area contributed by atoms with Gasteiger partial charge in [-0.25, -0.2) is 14.1 Å². The fourth-order valence-electron chi connectivity index (χ4n) is 3.82. The lowest BCUT2D eigenvalue weighted by molar-refractivity contribution is -0.127. The van der Waals surface area contributed by atoms with Crippen LogP contribution in [0.3, 0.4) is 0 Å². The first-order valence-corrected chi connectivity index (χ1v) is 13.6. The molecule has 3 aromatic rings. The van der Waals surface area contributed by atoms with E-state index >= 15 is 0 Å². The van der Waals surface area contributed by atoms with Gasteiger partial charge in [0.2, 0.25) is 5.91 Å². The summed E-state index contributed by atoms with van der Waals surface area (Å²) in [6.45, 7) is 3.19. The first kappa shape index (κ1) is 29.5. The Morgan fingerprint density at radius 2 is 1.76 bits per heavy atom. The summed E-state index contributed by atoms with van der Waals surface area (Å²) in [6, 6.07) is 15.4. The molecule has 0 atom stereocenters. The molecule has 0 unspecified atom stereocenters. The third kappa shape index (κ3) is 7.60. The Morgan fingerprint density at radius 3 is 2.46 bits per heavy atom. The van der Waals surface area contributed by atoms with Gasteiger partial charge in [0.15, 0.2) is 18.1 Å². The first-order chi connectivity index (χ1) is 19.6. The van der Waals surface area contributed by atoms with E-state index in [0.29, 0.717) is 32.9 Å². The summed E-state index contributed by atoms with van der Waals surface area (Å²) in [5.74, 6) is -1.76.